The van der Waals surface area contributed by atoms with Gasteiger partial charge < -0.3 is 5.11 Å². The first-order valence-electron chi connectivity index (χ1n) is 9.69. The van der Waals surface area contributed by atoms with Gasteiger partial charge in [0.25, 0.3) is 0 Å². The molecule has 3 nitrogen and oxygen atoms in total. The summed E-state index contributed by atoms with van der Waals surface area (Å²) in [5.74, 6) is -1.11. The van der Waals surface area contributed by atoms with E-state index in [2.05, 4.69) is 16.5 Å². The molecule has 1 aromatic heterocycles. The molecule has 0 saturated carbocycles. The third-order valence-electron chi connectivity index (χ3n) is 4.70. The van der Waals surface area contributed by atoms with Crippen LogP contribution in [0.2, 0.25) is 0 Å². The number of benzene rings is 2. The molecule has 1 N–H and O–H groups in total. The van der Waals surface area contributed by atoms with Crippen LogP contribution in [0.5, 0.6) is 0 Å². The quantitative estimate of drug-likeness (QED) is 0.384. The van der Waals surface area contributed by atoms with Gasteiger partial charge in [0, 0.05) is 17.1 Å². The summed E-state index contributed by atoms with van der Waals surface area (Å²) in [6, 6.07) is 8.45. The average Bonchev–Trinajstić information content (AvgIpc) is 2.71. The lowest BCUT2D eigenvalue weighted by molar-refractivity contribution is 0.182. The number of allylic oxidation sites excluding steroid dienone is 2. The van der Waals surface area contributed by atoms with Crippen molar-refractivity contribution in [2.24, 2.45) is 0 Å². The Morgan fingerprint density at radius 1 is 1.17 bits per heavy atom. The van der Waals surface area contributed by atoms with Crippen LogP contribution in [0.1, 0.15) is 37.6 Å². The average molecular weight is 394 g/mol. The second kappa shape index (κ2) is 9.52. The molecule has 0 saturated heterocycles. The van der Waals surface area contributed by atoms with E-state index in [1.807, 2.05) is 12.2 Å². The van der Waals surface area contributed by atoms with E-state index >= 15 is 0 Å². The van der Waals surface area contributed by atoms with Gasteiger partial charge in [0.1, 0.15) is 0 Å². The van der Waals surface area contributed by atoms with Crippen LogP contribution in [-0.2, 0) is 6.42 Å². The smallest absolute Gasteiger partial charge is 0.166 e. The molecule has 0 radical (unpaired) electrons. The summed E-state index contributed by atoms with van der Waals surface area (Å²) >= 11 is 0. The van der Waals surface area contributed by atoms with Crippen LogP contribution in [0.15, 0.2) is 55.3 Å². The zero-order chi connectivity index (χ0) is 20.8. The van der Waals surface area contributed by atoms with Crippen LogP contribution >= 0.6 is 0 Å². The number of hydrogen-bond donors (Lipinski definition) is 1. The molecule has 0 spiro atoms. The fourth-order valence-electron chi connectivity index (χ4n) is 3.14. The molecule has 1 unspecified atom stereocenters. The minimum Gasteiger partial charge on any atom is -0.393 e. The maximum Gasteiger partial charge on any atom is 0.166 e. The summed E-state index contributed by atoms with van der Waals surface area (Å²) in [7, 11) is 0. The van der Waals surface area contributed by atoms with Gasteiger partial charge in [-0.2, -0.15) is 0 Å². The highest BCUT2D eigenvalue weighted by molar-refractivity contribution is 5.84. The van der Waals surface area contributed by atoms with Gasteiger partial charge in [0.15, 0.2) is 17.5 Å². The molecule has 0 amide bonds. The van der Waals surface area contributed by atoms with Crippen molar-refractivity contribution in [1.29, 1.82) is 0 Å². The molecule has 1 heterocycles. The Hall–Kier alpha value is -2.92. The zero-order valence-corrected chi connectivity index (χ0v) is 16.4. The molecule has 2 aromatic carbocycles. The van der Waals surface area contributed by atoms with E-state index in [1.165, 1.54) is 0 Å². The van der Waals surface area contributed by atoms with Crippen molar-refractivity contribution in [1.82, 2.24) is 9.97 Å². The van der Waals surface area contributed by atoms with E-state index in [0.29, 0.717) is 11.4 Å². The van der Waals surface area contributed by atoms with Crippen LogP contribution in [0.3, 0.4) is 0 Å². The second-order valence-electron chi connectivity index (χ2n) is 7.08. The predicted octanol–water partition coefficient (Wildman–Crippen LogP) is 5.87. The van der Waals surface area contributed by atoms with E-state index in [9.17, 15) is 13.9 Å². The lowest BCUT2D eigenvalue weighted by Crippen LogP contribution is -1.97. The lowest BCUT2D eigenvalue weighted by Gasteiger charge is -2.09. The first-order chi connectivity index (χ1) is 14.0. The number of nitrogens with zero attached hydrogens (tertiary/aromatic N) is 2. The molecule has 3 aromatic rings. The van der Waals surface area contributed by atoms with Crippen LogP contribution < -0.4 is 0 Å². The standard InChI is InChI=1S/C24H24F2N2O/c1-3-7-17-10-12-20(24(26)23(17)25)18-11-13-21-19(14-18)15-27-22(28-21)9-6-4-5-8-16(2)29/h3,6,9-16,29H,1,4-5,7-8H2,2H3/b9-6+. The lowest BCUT2D eigenvalue weighted by atomic mass is 10.00. The Kier molecular flexibility index (Phi) is 6.83. The number of hydrogen-bond acceptors (Lipinski definition) is 3. The van der Waals surface area contributed by atoms with Gasteiger partial charge in [-0.3, -0.25) is 0 Å². The molecule has 0 bridgehead atoms. The van der Waals surface area contributed by atoms with Crippen LogP contribution in [-0.4, -0.2) is 21.2 Å². The van der Waals surface area contributed by atoms with Gasteiger partial charge in [-0.15, -0.1) is 6.58 Å². The number of halogens is 2. The Morgan fingerprint density at radius 2 is 2.00 bits per heavy atom. The van der Waals surface area contributed by atoms with Crippen molar-refractivity contribution in [3.8, 4) is 11.1 Å². The first kappa shape index (κ1) is 20.8. The van der Waals surface area contributed by atoms with Crippen LogP contribution in [0.4, 0.5) is 8.78 Å². The van der Waals surface area contributed by atoms with Gasteiger partial charge in [0.2, 0.25) is 0 Å². The molecular weight excluding hydrogens is 370 g/mol. The number of aromatic nitrogens is 2. The minimum atomic E-state index is -0.860. The topological polar surface area (TPSA) is 46.0 Å². The third-order valence-corrected chi connectivity index (χ3v) is 4.70. The number of aliphatic hydroxyl groups excluding tert-OH is 1. The maximum absolute atomic E-state index is 14.5. The monoisotopic (exact) mass is 394 g/mol. The van der Waals surface area contributed by atoms with Gasteiger partial charge >= 0.3 is 0 Å². The third kappa shape index (κ3) is 5.12. The molecule has 150 valence electrons. The molecule has 29 heavy (non-hydrogen) atoms. The van der Waals surface area contributed by atoms with Crippen LogP contribution in [0, 0.1) is 11.6 Å². The second-order valence-corrected chi connectivity index (χ2v) is 7.08. The van der Waals surface area contributed by atoms with Gasteiger partial charge in [-0.05, 0) is 61.9 Å². The molecule has 0 aliphatic heterocycles. The number of rotatable bonds is 8. The van der Waals surface area contributed by atoms with E-state index in [4.69, 9.17) is 0 Å². The summed E-state index contributed by atoms with van der Waals surface area (Å²) in [4.78, 5) is 8.82. The highest BCUT2D eigenvalue weighted by atomic mass is 19.2. The number of fused-ring (bicyclic) bond motifs is 1. The minimum absolute atomic E-state index is 0.208. The van der Waals surface area contributed by atoms with E-state index in [-0.39, 0.29) is 23.7 Å². The highest BCUT2D eigenvalue weighted by Gasteiger charge is 2.14. The van der Waals surface area contributed by atoms with Crippen molar-refractivity contribution in [3.05, 3.63) is 78.3 Å². The Bertz CT molecular complexity index is 1040. The Morgan fingerprint density at radius 3 is 2.76 bits per heavy atom. The van der Waals surface area contributed by atoms with Gasteiger partial charge in [0.05, 0.1) is 11.6 Å². The summed E-state index contributed by atoms with van der Waals surface area (Å²) in [5.41, 5.74) is 1.80. The summed E-state index contributed by atoms with van der Waals surface area (Å²) < 4.78 is 28.8. The highest BCUT2D eigenvalue weighted by Crippen LogP contribution is 2.29. The van der Waals surface area contributed by atoms with E-state index in [0.717, 1.165) is 30.2 Å². The molecular formula is C24H24F2N2O. The SMILES string of the molecule is C=CCc1ccc(-c2ccc3nc(/C=C/CCCC(C)O)ncc3c2)c(F)c1F. The Balaban J connectivity index is 1.82. The fraction of sp³-hybridized carbons (Fsp3) is 0.250. The number of aliphatic hydroxyl groups is 1. The summed E-state index contributed by atoms with van der Waals surface area (Å²) in [5, 5.41) is 10.0. The van der Waals surface area contributed by atoms with Crippen LogP contribution in [0.25, 0.3) is 28.1 Å². The van der Waals surface area contributed by atoms with Crippen molar-refractivity contribution < 1.29 is 13.9 Å². The molecule has 0 aliphatic rings. The normalized spacial score (nSPS) is 12.6. The van der Waals surface area contributed by atoms with Gasteiger partial charge in [-0.1, -0.05) is 30.4 Å². The van der Waals surface area contributed by atoms with Crippen molar-refractivity contribution in [2.75, 3.05) is 0 Å². The van der Waals surface area contributed by atoms with E-state index < -0.39 is 11.6 Å². The largest absolute Gasteiger partial charge is 0.393 e. The first-order valence-corrected chi connectivity index (χ1v) is 9.69. The van der Waals surface area contributed by atoms with Crippen molar-refractivity contribution in [3.63, 3.8) is 0 Å². The Labute approximate surface area is 169 Å². The molecule has 1 atom stereocenters. The van der Waals surface area contributed by atoms with Gasteiger partial charge in [-0.25, -0.2) is 18.7 Å². The zero-order valence-electron chi connectivity index (χ0n) is 16.4. The van der Waals surface area contributed by atoms with E-state index in [1.54, 1.807) is 49.5 Å². The molecule has 5 heteroatoms. The summed E-state index contributed by atoms with van der Waals surface area (Å²) in [6.45, 7) is 5.34. The summed E-state index contributed by atoms with van der Waals surface area (Å²) in [6.07, 6.45) is 9.57. The maximum atomic E-state index is 14.5. The fourth-order valence-corrected chi connectivity index (χ4v) is 3.14. The van der Waals surface area contributed by atoms with Crippen molar-refractivity contribution >= 4 is 17.0 Å². The molecule has 3 rings (SSSR count). The molecule has 0 aliphatic carbocycles. The number of unbranched alkanes of at least 4 members (excludes halogenated alkanes) is 1. The predicted molar refractivity (Wildman–Crippen MR) is 113 cm³/mol. The van der Waals surface area contributed by atoms with Crippen molar-refractivity contribution in [2.45, 2.75) is 38.7 Å². The molecule has 0 fully saturated rings.